The van der Waals surface area contributed by atoms with E-state index in [9.17, 15) is 8.42 Å². The normalized spacial score (nSPS) is 17.5. The molecule has 4 heteroatoms. The van der Waals surface area contributed by atoms with Gasteiger partial charge in [0.15, 0.2) is 9.84 Å². The molecule has 0 aliphatic heterocycles. The maximum absolute atomic E-state index is 13.0. The molecule has 1 unspecified atom stereocenters. The van der Waals surface area contributed by atoms with Crippen molar-refractivity contribution in [3.63, 3.8) is 0 Å². The zero-order chi connectivity index (χ0) is 15.9. The Morgan fingerprint density at radius 3 is 2.45 bits per heavy atom. The van der Waals surface area contributed by atoms with E-state index < -0.39 is 15.1 Å². The van der Waals surface area contributed by atoms with Gasteiger partial charge in [-0.1, -0.05) is 38.1 Å². The number of hydrogen-bond acceptors (Lipinski definition) is 3. The molecule has 0 saturated carbocycles. The number of benzene rings is 1. The quantitative estimate of drug-likeness (QED) is 0.861. The van der Waals surface area contributed by atoms with Crippen LogP contribution < -0.4 is 0 Å². The minimum atomic E-state index is -3.47. The van der Waals surface area contributed by atoms with Crippen LogP contribution >= 0.6 is 0 Å². The number of aryl methyl sites for hydroxylation is 1. The molecule has 0 radical (unpaired) electrons. The molecule has 3 nitrogen and oxygen atoms in total. The highest BCUT2D eigenvalue weighted by Crippen LogP contribution is 2.43. The molecule has 22 heavy (non-hydrogen) atoms. The second-order valence-corrected chi connectivity index (χ2v) is 8.07. The summed E-state index contributed by atoms with van der Waals surface area (Å²) in [6.07, 6.45) is 3.60. The molecular weight excluding hydrogens is 294 g/mol. The number of sulfone groups is 1. The summed E-state index contributed by atoms with van der Waals surface area (Å²) in [7, 11) is -3.47. The number of fused-ring (bicyclic) bond motifs is 1. The van der Waals surface area contributed by atoms with Crippen LogP contribution in [0.15, 0.2) is 53.6 Å². The summed E-state index contributed by atoms with van der Waals surface area (Å²) in [5.74, 6) is 0.262. The van der Waals surface area contributed by atoms with E-state index in [2.05, 4.69) is 18.8 Å². The highest BCUT2D eigenvalue weighted by molar-refractivity contribution is 7.91. The molecule has 1 atom stereocenters. The van der Waals surface area contributed by atoms with Gasteiger partial charge in [-0.3, -0.25) is 4.98 Å². The lowest BCUT2D eigenvalue weighted by Gasteiger charge is -2.12. The van der Waals surface area contributed by atoms with E-state index in [0.717, 1.165) is 16.7 Å². The number of pyridine rings is 1. The summed E-state index contributed by atoms with van der Waals surface area (Å²) < 4.78 is 25.9. The fourth-order valence-electron chi connectivity index (χ4n) is 2.87. The standard InChI is InChI=1S/C18H19NO2S/c1-12(2)15-10-17(18-16(15)9-13(3)11-19-18)22(20,21)14-7-5-4-6-8-14/h4-12,17H,1-3H3. The highest BCUT2D eigenvalue weighted by atomic mass is 32.2. The van der Waals surface area contributed by atoms with Gasteiger partial charge in [0.25, 0.3) is 0 Å². The topological polar surface area (TPSA) is 47.0 Å². The first-order chi connectivity index (χ1) is 10.4. The Morgan fingerprint density at radius 2 is 1.82 bits per heavy atom. The Balaban J connectivity index is 2.18. The summed E-state index contributed by atoms with van der Waals surface area (Å²) in [4.78, 5) is 4.78. The third-order valence-electron chi connectivity index (χ3n) is 3.99. The van der Waals surface area contributed by atoms with Crippen LogP contribution in [0.2, 0.25) is 0 Å². The van der Waals surface area contributed by atoms with Crippen LogP contribution in [-0.2, 0) is 9.84 Å². The largest absolute Gasteiger partial charge is 0.259 e. The molecule has 0 spiro atoms. The second kappa shape index (κ2) is 5.36. The third kappa shape index (κ3) is 2.37. The zero-order valence-electron chi connectivity index (χ0n) is 12.9. The minimum Gasteiger partial charge on any atom is -0.259 e. The lowest BCUT2D eigenvalue weighted by Crippen LogP contribution is -2.12. The van der Waals surface area contributed by atoms with Gasteiger partial charge in [-0.25, -0.2) is 8.42 Å². The number of hydrogen-bond donors (Lipinski definition) is 0. The average molecular weight is 313 g/mol. The fourth-order valence-corrected chi connectivity index (χ4v) is 4.50. The van der Waals surface area contributed by atoms with E-state index in [1.165, 1.54) is 0 Å². The van der Waals surface area contributed by atoms with E-state index in [1.807, 2.05) is 25.1 Å². The number of aromatic nitrogens is 1. The van der Waals surface area contributed by atoms with Crippen LogP contribution in [0.4, 0.5) is 0 Å². The molecule has 0 N–H and O–H groups in total. The predicted molar refractivity (Wildman–Crippen MR) is 88.2 cm³/mol. The Hall–Kier alpha value is -1.94. The molecule has 0 saturated heterocycles. The number of rotatable bonds is 3. The Kier molecular flexibility index (Phi) is 3.65. The van der Waals surface area contributed by atoms with Crippen molar-refractivity contribution in [2.75, 3.05) is 0 Å². The molecular formula is C18H19NO2S. The highest BCUT2D eigenvalue weighted by Gasteiger charge is 2.36. The Labute approximate surface area is 131 Å². The SMILES string of the molecule is Cc1cnc2c(c1)C(C(C)C)=CC2S(=O)(=O)c1ccccc1. The maximum Gasteiger partial charge on any atom is 0.190 e. The van der Waals surface area contributed by atoms with Gasteiger partial charge in [0.1, 0.15) is 5.25 Å². The Bertz CT molecular complexity index is 837. The van der Waals surface area contributed by atoms with Crippen molar-refractivity contribution in [1.29, 1.82) is 0 Å². The van der Waals surface area contributed by atoms with Crippen LogP contribution in [-0.4, -0.2) is 13.4 Å². The van der Waals surface area contributed by atoms with Crippen LogP contribution in [0.1, 0.15) is 35.9 Å². The van der Waals surface area contributed by atoms with Crippen molar-refractivity contribution >= 4 is 15.4 Å². The summed E-state index contributed by atoms with van der Waals surface area (Å²) in [6.45, 7) is 6.13. The molecule has 1 aromatic carbocycles. The van der Waals surface area contributed by atoms with E-state index in [0.29, 0.717) is 10.6 Å². The predicted octanol–water partition coefficient (Wildman–Crippen LogP) is 3.96. The van der Waals surface area contributed by atoms with Crippen molar-refractivity contribution < 1.29 is 8.42 Å². The third-order valence-corrected chi connectivity index (χ3v) is 5.95. The second-order valence-electron chi connectivity index (χ2n) is 6.00. The average Bonchev–Trinajstić information content (AvgIpc) is 2.87. The number of nitrogens with zero attached hydrogens (tertiary/aromatic N) is 1. The van der Waals surface area contributed by atoms with Gasteiger partial charge < -0.3 is 0 Å². The zero-order valence-corrected chi connectivity index (χ0v) is 13.8. The van der Waals surface area contributed by atoms with Crippen molar-refractivity contribution in [3.8, 4) is 0 Å². The lowest BCUT2D eigenvalue weighted by atomic mass is 9.98. The molecule has 3 rings (SSSR count). The van der Waals surface area contributed by atoms with Crippen molar-refractivity contribution in [1.82, 2.24) is 4.98 Å². The molecule has 2 aromatic rings. The first-order valence-electron chi connectivity index (χ1n) is 7.39. The van der Waals surface area contributed by atoms with Crippen molar-refractivity contribution in [3.05, 3.63) is 65.5 Å². The van der Waals surface area contributed by atoms with Gasteiger partial charge in [0, 0.05) is 11.8 Å². The maximum atomic E-state index is 13.0. The number of allylic oxidation sites excluding steroid dienone is 1. The van der Waals surface area contributed by atoms with E-state index >= 15 is 0 Å². The first kappa shape index (κ1) is 15.0. The minimum absolute atomic E-state index is 0.262. The van der Waals surface area contributed by atoms with Crippen LogP contribution in [0, 0.1) is 12.8 Å². The summed E-state index contributed by atoms with van der Waals surface area (Å²) in [6, 6.07) is 10.6. The monoisotopic (exact) mass is 313 g/mol. The van der Waals surface area contributed by atoms with E-state index in [-0.39, 0.29) is 5.92 Å². The van der Waals surface area contributed by atoms with Gasteiger partial charge in [0.05, 0.1) is 10.6 Å². The van der Waals surface area contributed by atoms with Gasteiger partial charge in [-0.05, 0) is 42.2 Å². The smallest absolute Gasteiger partial charge is 0.190 e. The van der Waals surface area contributed by atoms with E-state index in [4.69, 9.17) is 0 Å². The molecule has 1 aromatic heterocycles. The summed E-state index contributed by atoms with van der Waals surface area (Å²) >= 11 is 0. The summed E-state index contributed by atoms with van der Waals surface area (Å²) in [5.41, 5.74) is 3.73. The van der Waals surface area contributed by atoms with Crippen LogP contribution in [0.5, 0.6) is 0 Å². The van der Waals surface area contributed by atoms with Crippen molar-refractivity contribution in [2.24, 2.45) is 5.92 Å². The van der Waals surface area contributed by atoms with Gasteiger partial charge in [-0.2, -0.15) is 0 Å². The molecule has 114 valence electrons. The van der Waals surface area contributed by atoms with Gasteiger partial charge >= 0.3 is 0 Å². The molecule has 1 aliphatic rings. The molecule has 0 bridgehead atoms. The fraction of sp³-hybridized carbons (Fsp3) is 0.278. The molecule has 1 aliphatic carbocycles. The Morgan fingerprint density at radius 1 is 1.14 bits per heavy atom. The van der Waals surface area contributed by atoms with Crippen LogP contribution in [0.25, 0.3) is 5.57 Å². The first-order valence-corrected chi connectivity index (χ1v) is 8.93. The van der Waals surface area contributed by atoms with Crippen molar-refractivity contribution in [2.45, 2.75) is 30.9 Å². The summed E-state index contributed by atoms with van der Waals surface area (Å²) in [5, 5.41) is -0.692. The molecule has 1 heterocycles. The lowest BCUT2D eigenvalue weighted by molar-refractivity contribution is 0.590. The molecule has 0 fully saturated rings. The van der Waals surface area contributed by atoms with Gasteiger partial charge in [0.2, 0.25) is 0 Å². The van der Waals surface area contributed by atoms with Crippen LogP contribution in [0.3, 0.4) is 0 Å². The molecule has 0 amide bonds. The van der Waals surface area contributed by atoms with E-state index in [1.54, 1.807) is 30.5 Å². The van der Waals surface area contributed by atoms with Gasteiger partial charge in [-0.15, -0.1) is 0 Å².